The van der Waals surface area contributed by atoms with Crippen LogP contribution in [0, 0.1) is 5.92 Å². The predicted octanol–water partition coefficient (Wildman–Crippen LogP) is 3.54. The molecule has 2 amide bonds. The van der Waals surface area contributed by atoms with E-state index in [2.05, 4.69) is 5.32 Å². The smallest absolute Gasteiger partial charge is 0.229 e. The van der Waals surface area contributed by atoms with Gasteiger partial charge in [-0.15, -0.1) is 0 Å². The average molecular weight is 387 g/mol. The number of nitrogens with one attached hydrogen (secondary N) is 1. The van der Waals surface area contributed by atoms with Gasteiger partial charge in [0, 0.05) is 29.2 Å². The van der Waals surface area contributed by atoms with Crippen LogP contribution in [0.1, 0.15) is 23.7 Å². The summed E-state index contributed by atoms with van der Waals surface area (Å²) in [5, 5.41) is 3.26. The fourth-order valence-electron chi connectivity index (χ4n) is 3.05. The van der Waals surface area contributed by atoms with Crippen LogP contribution in [0.2, 0.25) is 5.02 Å². The molecule has 140 valence electrons. The van der Waals surface area contributed by atoms with Crippen molar-refractivity contribution in [3.8, 4) is 5.75 Å². The summed E-state index contributed by atoms with van der Waals surface area (Å²) in [6.07, 6.45) is 0.0912. The molecule has 0 bridgehead atoms. The van der Waals surface area contributed by atoms with Gasteiger partial charge in [0.25, 0.3) is 0 Å². The minimum absolute atomic E-state index is 0.0821. The number of benzene rings is 2. The molecule has 1 N–H and O–H groups in total. The first-order chi connectivity index (χ1) is 12.9. The van der Waals surface area contributed by atoms with Crippen LogP contribution in [0.25, 0.3) is 0 Å². The molecule has 1 aliphatic rings. The summed E-state index contributed by atoms with van der Waals surface area (Å²) in [5.41, 5.74) is 1.59. The quantitative estimate of drug-likeness (QED) is 0.797. The zero-order valence-electron chi connectivity index (χ0n) is 15.0. The van der Waals surface area contributed by atoms with E-state index >= 15 is 0 Å². The van der Waals surface area contributed by atoms with Gasteiger partial charge in [0.05, 0.1) is 18.7 Å². The first-order valence-corrected chi connectivity index (χ1v) is 8.82. The average Bonchev–Trinajstić information content (AvgIpc) is 3.03. The van der Waals surface area contributed by atoms with Crippen molar-refractivity contribution in [1.82, 2.24) is 0 Å². The number of amides is 2. The molecule has 1 aliphatic heterocycles. The number of nitrogens with zero attached hydrogens (tertiary/aromatic N) is 1. The van der Waals surface area contributed by atoms with Crippen LogP contribution in [0.15, 0.2) is 42.5 Å². The first-order valence-electron chi connectivity index (χ1n) is 8.45. The molecule has 27 heavy (non-hydrogen) atoms. The maximum absolute atomic E-state index is 12.6. The second-order valence-electron chi connectivity index (χ2n) is 6.35. The Balaban J connectivity index is 1.75. The molecule has 0 spiro atoms. The number of rotatable bonds is 5. The molecule has 1 fully saturated rings. The monoisotopic (exact) mass is 386 g/mol. The van der Waals surface area contributed by atoms with E-state index in [-0.39, 0.29) is 30.6 Å². The number of carbonyl (C=O) groups excluding carboxylic acids is 3. The summed E-state index contributed by atoms with van der Waals surface area (Å²) >= 11 is 6.05. The molecule has 2 aromatic carbocycles. The Morgan fingerprint density at radius 3 is 2.70 bits per heavy atom. The normalized spacial score (nSPS) is 16.3. The van der Waals surface area contributed by atoms with Crippen LogP contribution in [0.5, 0.6) is 5.75 Å². The third-order valence-corrected chi connectivity index (χ3v) is 4.70. The van der Waals surface area contributed by atoms with Crippen molar-refractivity contribution in [2.75, 3.05) is 23.9 Å². The molecule has 7 heteroatoms. The van der Waals surface area contributed by atoms with Crippen LogP contribution in [0.4, 0.5) is 11.4 Å². The Bertz CT molecular complexity index is 913. The lowest BCUT2D eigenvalue weighted by atomic mass is 10.1. The zero-order chi connectivity index (χ0) is 19.6. The van der Waals surface area contributed by atoms with Crippen molar-refractivity contribution in [2.45, 2.75) is 13.3 Å². The fourth-order valence-corrected chi connectivity index (χ4v) is 3.22. The van der Waals surface area contributed by atoms with E-state index in [4.69, 9.17) is 16.3 Å². The lowest BCUT2D eigenvalue weighted by Gasteiger charge is -2.20. The molecule has 1 atom stereocenters. The summed E-state index contributed by atoms with van der Waals surface area (Å²) in [4.78, 5) is 38.1. The number of halogens is 1. The molecule has 1 saturated heterocycles. The summed E-state index contributed by atoms with van der Waals surface area (Å²) < 4.78 is 5.30. The number of Topliss-reactive ketones (excluding diaryl/α,β-unsaturated/α-hetero) is 1. The molecule has 3 rings (SSSR count). The van der Waals surface area contributed by atoms with Gasteiger partial charge in [-0.2, -0.15) is 0 Å². The van der Waals surface area contributed by atoms with Crippen molar-refractivity contribution in [2.24, 2.45) is 5.92 Å². The van der Waals surface area contributed by atoms with Gasteiger partial charge >= 0.3 is 0 Å². The van der Waals surface area contributed by atoms with Crippen molar-refractivity contribution >= 4 is 40.6 Å². The Kier molecular flexibility index (Phi) is 5.46. The maximum atomic E-state index is 12.6. The largest absolute Gasteiger partial charge is 0.495 e. The number of anilines is 2. The van der Waals surface area contributed by atoms with Gasteiger partial charge < -0.3 is 15.0 Å². The molecule has 0 radical (unpaired) electrons. The van der Waals surface area contributed by atoms with E-state index in [9.17, 15) is 14.4 Å². The van der Waals surface area contributed by atoms with E-state index in [1.165, 1.54) is 18.9 Å². The number of hydrogen-bond acceptors (Lipinski definition) is 4. The molecule has 0 saturated carbocycles. The Morgan fingerprint density at radius 2 is 2.00 bits per heavy atom. The highest BCUT2D eigenvalue weighted by Gasteiger charge is 2.36. The second-order valence-corrected chi connectivity index (χ2v) is 6.78. The van der Waals surface area contributed by atoms with E-state index in [1.807, 2.05) is 0 Å². The van der Waals surface area contributed by atoms with Crippen LogP contribution in [-0.4, -0.2) is 31.3 Å². The molecular formula is C20H19ClN2O4. The van der Waals surface area contributed by atoms with E-state index in [1.54, 1.807) is 42.5 Å². The minimum Gasteiger partial charge on any atom is -0.495 e. The number of methoxy groups -OCH3 is 1. The maximum Gasteiger partial charge on any atom is 0.229 e. The number of ether oxygens (including phenoxy) is 1. The zero-order valence-corrected chi connectivity index (χ0v) is 15.7. The third-order valence-electron chi connectivity index (χ3n) is 4.46. The molecule has 1 heterocycles. The van der Waals surface area contributed by atoms with Gasteiger partial charge in [0.2, 0.25) is 11.8 Å². The van der Waals surface area contributed by atoms with E-state index < -0.39 is 5.92 Å². The highest BCUT2D eigenvalue weighted by Crippen LogP contribution is 2.35. The van der Waals surface area contributed by atoms with Crippen molar-refractivity contribution in [3.05, 3.63) is 53.1 Å². The number of hydrogen-bond donors (Lipinski definition) is 1. The van der Waals surface area contributed by atoms with Gasteiger partial charge in [0.15, 0.2) is 5.78 Å². The summed E-state index contributed by atoms with van der Waals surface area (Å²) in [5.74, 6) is -0.521. The van der Waals surface area contributed by atoms with Gasteiger partial charge in [-0.05, 0) is 37.3 Å². The van der Waals surface area contributed by atoms with Crippen LogP contribution in [-0.2, 0) is 9.59 Å². The number of carbonyl (C=O) groups is 3. The van der Waals surface area contributed by atoms with Gasteiger partial charge in [-0.25, -0.2) is 0 Å². The standard InChI is InChI=1S/C20H19ClN2O4/c1-12(24)13-4-3-5-16(8-13)22-20(26)14-9-19(25)23(11-14)17-10-15(21)6-7-18(17)27-2/h3-8,10,14H,9,11H2,1-2H3,(H,22,26)/t14-/m0/s1. The highest BCUT2D eigenvalue weighted by atomic mass is 35.5. The Morgan fingerprint density at radius 1 is 1.22 bits per heavy atom. The van der Waals surface area contributed by atoms with E-state index in [0.29, 0.717) is 27.7 Å². The summed E-state index contributed by atoms with van der Waals surface area (Å²) in [7, 11) is 1.51. The lowest BCUT2D eigenvalue weighted by Crippen LogP contribution is -2.28. The molecular weight excluding hydrogens is 368 g/mol. The Hall–Kier alpha value is -2.86. The molecule has 0 aliphatic carbocycles. The molecule has 0 unspecified atom stereocenters. The van der Waals surface area contributed by atoms with Gasteiger partial charge in [0.1, 0.15) is 5.75 Å². The predicted molar refractivity (Wildman–Crippen MR) is 104 cm³/mol. The minimum atomic E-state index is -0.512. The first kappa shape index (κ1) is 18.9. The van der Waals surface area contributed by atoms with Crippen molar-refractivity contribution in [1.29, 1.82) is 0 Å². The van der Waals surface area contributed by atoms with Crippen LogP contribution >= 0.6 is 11.6 Å². The topological polar surface area (TPSA) is 75.7 Å². The van der Waals surface area contributed by atoms with Crippen LogP contribution in [0.3, 0.4) is 0 Å². The van der Waals surface area contributed by atoms with Gasteiger partial charge in [-0.1, -0.05) is 23.7 Å². The SMILES string of the molecule is COc1ccc(Cl)cc1N1C[C@@H](C(=O)Nc2cccc(C(C)=O)c2)CC1=O. The van der Waals surface area contributed by atoms with Crippen LogP contribution < -0.4 is 15.0 Å². The summed E-state index contributed by atoms with van der Waals surface area (Å²) in [6.45, 7) is 1.70. The third kappa shape index (κ3) is 4.11. The molecule has 2 aromatic rings. The fraction of sp³-hybridized carbons (Fsp3) is 0.250. The second kappa shape index (κ2) is 7.80. The lowest BCUT2D eigenvalue weighted by molar-refractivity contribution is -0.122. The Labute approximate surface area is 162 Å². The van der Waals surface area contributed by atoms with Crippen molar-refractivity contribution < 1.29 is 19.1 Å². The number of ketones is 1. The highest BCUT2D eigenvalue weighted by molar-refractivity contribution is 6.31. The summed E-state index contributed by atoms with van der Waals surface area (Å²) in [6, 6.07) is 11.7. The molecule has 0 aromatic heterocycles. The van der Waals surface area contributed by atoms with Crippen molar-refractivity contribution in [3.63, 3.8) is 0 Å². The molecule has 6 nitrogen and oxygen atoms in total. The van der Waals surface area contributed by atoms with E-state index in [0.717, 1.165) is 0 Å². The van der Waals surface area contributed by atoms with Gasteiger partial charge in [-0.3, -0.25) is 14.4 Å².